The van der Waals surface area contributed by atoms with Crippen LogP contribution in [0.1, 0.15) is 12.5 Å². The molecule has 0 spiro atoms. The van der Waals surface area contributed by atoms with Crippen LogP contribution in [0, 0.1) is 5.82 Å². The number of carbonyl (C=O) groups is 1. The zero-order valence-corrected chi connectivity index (χ0v) is 13.8. The summed E-state index contributed by atoms with van der Waals surface area (Å²) < 4.78 is 19.9. The average molecular weight is 357 g/mol. The summed E-state index contributed by atoms with van der Waals surface area (Å²) in [6.45, 7) is 0.798. The number of amides is 1. The quantitative estimate of drug-likeness (QED) is 0.755. The van der Waals surface area contributed by atoms with Crippen LogP contribution in [0.3, 0.4) is 0 Å². The van der Waals surface area contributed by atoms with Crippen molar-refractivity contribution in [2.45, 2.75) is 12.5 Å². The topological polar surface area (TPSA) is 93.1 Å². The first kappa shape index (κ1) is 16.2. The van der Waals surface area contributed by atoms with E-state index in [-0.39, 0.29) is 30.1 Å². The highest BCUT2D eigenvalue weighted by Gasteiger charge is 2.30. The SMILES string of the molecule is O=C(COc1ccc(F)cc1)N1CC[C@H](n2c(=O)[nH]c3cncnc32)C1. The number of fused-ring (bicyclic) bond motifs is 1. The molecular formula is C17H16FN5O3. The number of aromatic amines is 1. The van der Waals surface area contributed by atoms with Gasteiger partial charge in [-0.2, -0.15) is 0 Å². The molecule has 0 radical (unpaired) electrons. The molecule has 1 atom stereocenters. The van der Waals surface area contributed by atoms with Gasteiger partial charge in [-0.25, -0.2) is 19.2 Å². The first-order chi connectivity index (χ1) is 12.6. The van der Waals surface area contributed by atoms with E-state index in [9.17, 15) is 14.0 Å². The van der Waals surface area contributed by atoms with Gasteiger partial charge in [0.05, 0.1) is 12.2 Å². The van der Waals surface area contributed by atoms with Gasteiger partial charge in [-0.05, 0) is 30.7 Å². The fourth-order valence-corrected chi connectivity index (χ4v) is 3.16. The van der Waals surface area contributed by atoms with Crippen molar-refractivity contribution in [3.05, 3.63) is 53.1 Å². The molecule has 3 aromatic rings. The minimum Gasteiger partial charge on any atom is -0.484 e. The van der Waals surface area contributed by atoms with E-state index in [1.165, 1.54) is 30.6 Å². The molecular weight excluding hydrogens is 341 g/mol. The van der Waals surface area contributed by atoms with Crippen molar-refractivity contribution in [2.24, 2.45) is 0 Å². The van der Waals surface area contributed by atoms with Crippen molar-refractivity contribution in [3.8, 4) is 5.75 Å². The normalized spacial score (nSPS) is 17.0. The first-order valence-electron chi connectivity index (χ1n) is 8.18. The lowest BCUT2D eigenvalue weighted by atomic mass is 10.2. The van der Waals surface area contributed by atoms with Gasteiger partial charge in [0.25, 0.3) is 5.91 Å². The maximum atomic E-state index is 12.9. The summed E-state index contributed by atoms with van der Waals surface area (Å²) in [6.07, 6.45) is 3.59. The fraction of sp³-hybridized carbons (Fsp3) is 0.294. The number of ether oxygens (including phenoxy) is 1. The number of halogens is 1. The van der Waals surface area contributed by atoms with E-state index in [0.717, 1.165) is 0 Å². The van der Waals surface area contributed by atoms with Crippen molar-refractivity contribution in [3.63, 3.8) is 0 Å². The largest absolute Gasteiger partial charge is 0.484 e. The van der Waals surface area contributed by atoms with Gasteiger partial charge >= 0.3 is 5.69 Å². The average Bonchev–Trinajstić information content (AvgIpc) is 3.24. The third kappa shape index (κ3) is 3.03. The van der Waals surface area contributed by atoms with Gasteiger partial charge in [-0.1, -0.05) is 0 Å². The van der Waals surface area contributed by atoms with E-state index in [2.05, 4.69) is 15.0 Å². The van der Waals surface area contributed by atoms with Crippen molar-refractivity contribution in [2.75, 3.05) is 19.7 Å². The Balaban J connectivity index is 1.43. The highest BCUT2D eigenvalue weighted by Crippen LogP contribution is 2.23. The van der Waals surface area contributed by atoms with Gasteiger partial charge in [0.1, 0.15) is 23.4 Å². The van der Waals surface area contributed by atoms with E-state index in [1.807, 2.05) is 0 Å². The summed E-state index contributed by atoms with van der Waals surface area (Å²) in [4.78, 5) is 37.0. The Morgan fingerprint density at radius 1 is 1.35 bits per heavy atom. The first-order valence-corrected chi connectivity index (χ1v) is 8.18. The third-order valence-corrected chi connectivity index (χ3v) is 4.44. The maximum Gasteiger partial charge on any atom is 0.328 e. The molecule has 0 aliphatic carbocycles. The molecule has 1 aliphatic heterocycles. The number of likely N-dealkylation sites (tertiary alicyclic amines) is 1. The molecule has 0 unspecified atom stereocenters. The zero-order chi connectivity index (χ0) is 18.1. The summed E-state index contributed by atoms with van der Waals surface area (Å²) in [6, 6.07) is 5.34. The van der Waals surface area contributed by atoms with Crippen LogP contribution in [0.2, 0.25) is 0 Å². The highest BCUT2D eigenvalue weighted by molar-refractivity contribution is 5.78. The lowest BCUT2D eigenvalue weighted by Gasteiger charge is -2.17. The number of imidazole rings is 1. The second-order valence-electron chi connectivity index (χ2n) is 6.09. The third-order valence-electron chi connectivity index (χ3n) is 4.44. The molecule has 1 amide bonds. The number of nitrogens with one attached hydrogen (secondary N) is 1. The van der Waals surface area contributed by atoms with Crippen LogP contribution in [0.4, 0.5) is 4.39 Å². The van der Waals surface area contributed by atoms with E-state index >= 15 is 0 Å². The number of hydrogen-bond acceptors (Lipinski definition) is 5. The molecule has 8 nitrogen and oxygen atoms in total. The van der Waals surface area contributed by atoms with E-state index < -0.39 is 0 Å². The number of hydrogen-bond donors (Lipinski definition) is 1. The molecule has 0 bridgehead atoms. The van der Waals surface area contributed by atoms with Gasteiger partial charge in [-0.15, -0.1) is 0 Å². The molecule has 3 heterocycles. The lowest BCUT2D eigenvalue weighted by Crippen LogP contribution is -2.34. The smallest absolute Gasteiger partial charge is 0.328 e. The summed E-state index contributed by atoms with van der Waals surface area (Å²) >= 11 is 0. The number of H-pyrrole nitrogens is 1. The van der Waals surface area contributed by atoms with Crippen LogP contribution >= 0.6 is 0 Å². The molecule has 134 valence electrons. The summed E-state index contributed by atoms with van der Waals surface area (Å²) in [5.74, 6) is -0.113. The minimum atomic E-state index is -0.362. The molecule has 1 fully saturated rings. The van der Waals surface area contributed by atoms with Crippen LogP contribution in [-0.4, -0.2) is 50.0 Å². The summed E-state index contributed by atoms with van der Waals surface area (Å²) in [5, 5.41) is 0. The van der Waals surface area contributed by atoms with Gasteiger partial charge in [-0.3, -0.25) is 9.36 Å². The predicted molar refractivity (Wildman–Crippen MR) is 90.3 cm³/mol. The van der Waals surface area contributed by atoms with Crippen molar-refractivity contribution in [1.82, 2.24) is 24.4 Å². The molecule has 9 heteroatoms. The molecule has 1 N–H and O–H groups in total. The number of rotatable bonds is 4. The summed E-state index contributed by atoms with van der Waals surface area (Å²) in [5.41, 5.74) is 0.844. The minimum absolute atomic E-state index is 0.136. The molecule has 1 aliphatic rings. The zero-order valence-electron chi connectivity index (χ0n) is 13.8. The Labute approximate surface area is 147 Å². The monoisotopic (exact) mass is 357 g/mol. The number of benzene rings is 1. The van der Waals surface area contributed by atoms with Crippen LogP contribution in [0.15, 0.2) is 41.6 Å². The standard InChI is InChI=1S/C17H16FN5O3/c18-11-1-3-13(4-2-11)26-9-15(24)22-6-5-12(8-22)23-16-14(21-17(23)25)7-19-10-20-16/h1-4,7,10,12H,5-6,8-9H2,(H,21,25)/t12-/m0/s1. The molecule has 0 saturated carbocycles. The molecule has 1 aromatic carbocycles. The van der Waals surface area contributed by atoms with Crippen LogP contribution in [-0.2, 0) is 4.79 Å². The Morgan fingerprint density at radius 2 is 2.15 bits per heavy atom. The Kier molecular flexibility index (Phi) is 4.11. The Hall–Kier alpha value is -3.23. The van der Waals surface area contributed by atoms with Crippen LogP contribution < -0.4 is 10.4 Å². The van der Waals surface area contributed by atoms with Crippen molar-refractivity contribution in [1.29, 1.82) is 0 Å². The van der Waals surface area contributed by atoms with Crippen LogP contribution in [0.5, 0.6) is 5.75 Å². The molecule has 26 heavy (non-hydrogen) atoms. The second-order valence-corrected chi connectivity index (χ2v) is 6.09. The number of carbonyl (C=O) groups excluding carboxylic acids is 1. The van der Waals surface area contributed by atoms with E-state index in [0.29, 0.717) is 36.4 Å². The Morgan fingerprint density at radius 3 is 2.96 bits per heavy atom. The molecule has 1 saturated heterocycles. The maximum absolute atomic E-state index is 12.9. The van der Waals surface area contributed by atoms with E-state index in [1.54, 1.807) is 15.7 Å². The predicted octanol–water partition coefficient (Wildman–Crippen LogP) is 1.11. The van der Waals surface area contributed by atoms with Gasteiger partial charge < -0.3 is 14.6 Å². The highest BCUT2D eigenvalue weighted by atomic mass is 19.1. The van der Waals surface area contributed by atoms with Crippen molar-refractivity contribution < 1.29 is 13.9 Å². The van der Waals surface area contributed by atoms with Crippen LogP contribution in [0.25, 0.3) is 11.2 Å². The van der Waals surface area contributed by atoms with Gasteiger partial charge in [0, 0.05) is 13.1 Å². The fourth-order valence-electron chi connectivity index (χ4n) is 3.16. The summed E-state index contributed by atoms with van der Waals surface area (Å²) in [7, 11) is 0. The number of aromatic nitrogens is 4. The Bertz CT molecular complexity index is 998. The number of nitrogens with zero attached hydrogens (tertiary/aromatic N) is 4. The molecule has 2 aromatic heterocycles. The second kappa shape index (κ2) is 6.58. The van der Waals surface area contributed by atoms with Gasteiger partial charge in [0.15, 0.2) is 12.3 Å². The van der Waals surface area contributed by atoms with Crippen molar-refractivity contribution >= 4 is 17.1 Å². The lowest BCUT2D eigenvalue weighted by molar-refractivity contribution is -0.132. The van der Waals surface area contributed by atoms with E-state index in [4.69, 9.17) is 4.74 Å². The van der Waals surface area contributed by atoms with Gasteiger partial charge in [0.2, 0.25) is 0 Å². The molecule has 4 rings (SSSR count).